The maximum atomic E-state index is 6.35. The van der Waals surface area contributed by atoms with Gasteiger partial charge in [-0.05, 0) is 0 Å². The molecule has 1 aliphatic rings. The monoisotopic (exact) mass is 377 g/mol. The molecule has 120 valence electrons. The van der Waals surface area contributed by atoms with Gasteiger partial charge in [0.1, 0.15) is 0 Å². The van der Waals surface area contributed by atoms with E-state index < -0.39 is 0 Å². The SMILES string of the molecule is COc1ccc2c(c1OC)=[O+]C(C)(C)C([Se]c1ccccc1)C=2. The Kier molecular flexibility index (Phi) is 4.47. The average molecular weight is 376 g/mol. The van der Waals surface area contributed by atoms with E-state index >= 15 is 0 Å². The maximum absolute atomic E-state index is 6.35. The minimum absolute atomic E-state index is 0.289. The van der Waals surface area contributed by atoms with Crippen molar-refractivity contribution in [2.45, 2.75) is 24.3 Å². The van der Waals surface area contributed by atoms with Crippen LogP contribution in [0.25, 0.3) is 6.08 Å². The number of methoxy groups -OCH3 is 2. The molecule has 1 aliphatic heterocycles. The van der Waals surface area contributed by atoms with Gasteiger partial charge in [-0.2, -0.15) is 0 Å². The van der Waals surface area contributed by atoms with Gasteiger partial charge in [-0.15, -0.1) is 0 Å². The van der Waals surface area contributed by atoms with Gasteiger partial charge in [0.25, 0.3) is 0 Å². The minimum atomic E-state index is -0.289. The summed E-state index contributed by atoms with van der Waals surface area (Å²) in [6.45, 7) is 4.28. The fraction of sp³-hybridized carbons (Fsp3) is 0.316. The van der Waals surface area contributed by atoms with E-state index in [9.17, 15) is 0 Å². The summed E-state index contributed by atoms with van der Waals surface area (Å²) in [6, 6.07) is 14.6. The van der Waals surface area contributed by atoms with Crippen LogP contribution in [0.1, 0.15) is 13.8 Å². The molecule has 3 rings (SSSR count). The van der Waals surface area contributed by atoms with Crippen molar-refractivity contribution >= 4 is 25.5 Å². The molecule has 0 fully saturated rings. The Hall–Kier alpha value is -1.77. The number of hydrogen-bond acceptors (Lipinski definition) is 2. The van der Waals surface area contributed by atoms with Crippen molar-refractivity contribution in [1.82, 2.24) is 0 Å². The average Bonchev–Trinajstić information content (AvgIpc) is 2.55. The van der Waals surface area contributed by atoms with Crippen LogP contribution in [0, 0.1) is 0 Å². The summed E-state index contributed by atoms with van der Waals surface area (Å²) in [4.78, 5) is 0.350. The van der Waals surface area contributed by atoms with Crippen LogP contribution in [-0.4, -0.2) is 34.8 Å². The predicted molar refractivity (Wildman–Crippen MR) is 95.2 cm³/mol. The first-order chi connectivity index (χ1) is 11.0. The molecule has 0 aliphatic carbocycles. The molecule has 0 spiro atoms. The van der Waals surface area contributed by atoms with E-state index in [4.69, 9.17) is 13.9 Å². The Morgan fingerprint density at radius 1 is 1.00 bits per heavy atom. The van der Waals surface area contributed by atoms with Crippen LogP contribution in [0.5, 0.6) is 11.5 Å². The second-order valence-electron chi connectivity index (χ2n) is 5.94. The summed E-state index contributed by atoms with van der Waals surface area (Å²) in [5, 5.41) is 1.07. The third kappa shape index (κ3) is 3.15. The van der Waals surface area contributed by atoms with Crippen molar-refractivity contribution < 1.29 is 9.47 Å². The van der Waals surface area contributed by atoms with Crippen molar-refractivity contribution in [2.24, 2.45) is 0 Å². The Bertz CT molecular complexity index is 812. The van der Waals surface area contributed by atoms with Crippen LogP contribution >= 0.6 is 0 Å². The normalized spacial score (nSPS) is 18.3. The van der Waals surface area contributed by atoms with E-state index in [1.54, 1.807) is 14.2 Å². The van der Waals surface area contributed by atoms with Gasteiger partial charge < -0.3 is 0 Å². The van der Waals surface area contributed by atoms with E-state index in [-0.39, 0.29) is 5.60 Å². The van der Waals surface area contributed by atoms with Crippen molar-refractivity contribution in [3.05, 3.63) is 57.5 Å². The number of hydrogen-bond donors (Lipinski definition) is 0. The molecule has 0 bridgehead atoms. The summed E-state index contributed by atoms with van der Waals surface area (Å²) in [7, 11) is 3.29. The third-order valence-electron chi connectivity index (χ3n) is 3.92. The summed E-state index contributed by atoms with van der Waals surface area (Å²) < 4.78 is 18.6. The molecule has 1 heterocycles. The third-order valence-corrected chi connectivity index (χ3v) is 7.07. The zero-order valence-corrected chi connectivity index (χ0v) is 15.5. The molecule has 0 N–H and O–H groups in total. The van der Waals surface area contributed by atoms with Crippen LogP contribution in [0.2, 0.25) is 4.82 Å². The second kappa shape index (κ2) is 6.38. The molecular formula is C19H21O3Se+. The molecule has 0 saturated carbocycles. The molecule has 3 nitrogen and oxygen atoms in total. The van der Waals surface area contributed by atoms with Gasteiger partial charge in [-0.3, -0.25) is 0 Å². The van der Waals surface area contributed by atoms with Gasteiger partial charge in [0.2, 0.25) is 0 Å². The topological polar surface area (TPSA) is 29.8 Å². The molecule has 2 aromatic carbocycles. The van der Waals surface area contributed by atoms with Crippen molar-refractivity contribution in [3.8, 4) is 11.5 Å². The molecule has 0 amide bonds. The Balaban J connectivity index is 2.09. The van der Waals surface area contributed by atoms with Crippen LogP contribution in [0.3, 0.4) is 0 Å². The van der Waals surface area contributed by atoms with E-state index in [0.29, 0.717) is 31.3 Å². The van der Waals surface area contributed by atoms with Gasteiger partial charge in [0.05, 0.1) is 0 Å². The van der Waals surface area contributed by atoms with Crippen LogP contribution in [0.4, 0.5) is 0 Å². The molecule has 0 radical (unpaired) electrons. The zero-order valence-electron chi connectivity index (χ0n) is 13.8. The molecule has 1 unspecified atom stereocenters. The fourth-order valence-electron chi connectivity index (χ4n) is 2.66. The molecule has 0 aromatic heterocycles. The molecular weight excluding hydrogens is 355 g/mol. The summed E-state index contributed by atoms with van der Waals surface area (Å²) in [6.07, 6.45) is 2.31. The number of rotatable bonds is 4. The molecule has 23 heavy (non-hydrogen) atoms. The van der Waals surface area contributed by atoms with E-state index in [2.05, 4.69) is 50.3 Å². The van der Waals surface area contributed by atoms with Gasteiger partial charge in [0, 0.05) is 0 Å². The Morgan fingerprint density at radius 2 is 1.74 bits per heavy atom. The van der Waals surface area contributed by atoms with Crippen LogP contribution in [-0.2, 0) is 0 Å². The number of fused-ring (bicyclic) bond motifs is 1. The predicted octanol–water partition coefficient (Wildman–Crippen LogP) is 1.71. The van der Waals surface area contributed by atoms with Gasteiger partial charge in [-0.1, -0.05) is 0 Å². The second-order valence-corrected chi connectivity index (χ2v) is 8.49. The Labute approximate surface area is 142 Å². The standard InChI is InChI=1S/C19H21O3Se/c1-19(2)16(23-14-8-6-5-7-9-14)12-13-10-11-15(20-3)18(21-4)17(13)22-19/h5-12,16H,1-4H3/q+1. The first-order valence-corrected chi connectivity index (χ1v) is 9.40. The molecule has 2 aromatic rings. The summed E-state index contributed by atoms with van der Waals surface area (Å²) >= 11 is 0.301. The van der Waals surface area contributed by atoms with Gasteiger partial charge in [-0.25, -0.2) is 0 Å². The first kappa shape index (κ1) is 16.1. The van der Waals surface area contributed by atoms with Gasteiger partial charge >= 0.3 is 142 Å². The Morgan fingerprint density at radius 3 is 2.39 bits per heavy atom. The molecule has 0 saturated heterocycles. The van der Waals surface area contributed by atoms with E-state index in [0.717, 1.165) is 10.6 Å². The van der Waals surface area contributed by atoms with E-state index in [1.165, 1.54) is 4.46 Å². The van der Waals surface area contributed by atoms with Crippen molar-refractivity contribution in [1.29, 1.82) is 0 Å². The zero-order chi connectivity index (χ0) is 16.4. The van der Waals surface area contributed by atoms with Crippen molar-refractivity contribution in [2.75, 3.05) is 14.2 Å². The van der Waals surface area contributed by atoms with Crippen LogP contribution in [0.15, 0.2) is 46.9 Å². The van der Waals surface area contributed by atoms with Crippen LogP contribution < -0.4 is 24.6 Å². The molecule has 4 heteroatoms. The van der Waals surface area contributed by atoms with Crippen molar-refractivity contribution in [3.63, 3.8) is 0 Å². The van der Waals surface area contributed by atoms with Gasteiger partial charge in [0.15, 0.2) is 0 Å². The number of ether oxygens (including phenoxy) is 2. The molecule has 1 atom stereocenters. The summed E-state index contributed by atoms with van der Waals surface area (Å²) in [5.74, 6) is 1.36. The van der Waals surface area contributed by atoms with E-state index in [1.807, 2.05) is 12.1 Å². The number of benzene rings is 2. The quantitative estimate of drug-likeness (QED) is 0.601. The summed E-state index contributed by atoms with van der Waals surface area (Å²) in [5.41, 5.74) is 0.486. The fourth-order valence-corrected chi connectivity index (χ4v) is 5.08. The first-order valence-electron chi connectivity index (χ1n) is 7.55.